The van der Waals surface area contributed by atoms with E-state index in [1.165, 1.54) is 29.2 Å². The van der Waals surface area contributed by atoms with Gasteiger partial charge in [-0.15, -0.1) is 0 Å². The van der Waals surface area contributed by atoms with E-state index in [0.29, 0.717) is 37.2 Å². The Hall–Kier alpha value is -2.74. The number of nitrogens with one attached hydrogen (secondary N) is 2. The van der Waals surface area contributed by atoms with Crippen LogP contribution in [0.15, 0.2) is 36.5 Å². The van der Waals surface area contributed by atoms with Crippen LogP contribution >= 0.6 is 0 Å². The van der Waals surface area contributed by atoms with Crippen molar-refractivity contribution >= 4 is 23.5 Å². The molecule has 2 aromatic rings. The summed E-state index contributed by atoms with van der Waals surface area (Å²) < 4.78 is 18.6. The van der Waals surface area contributed by atoms with Gasteiger partial charge in [0.2, 0.25) is 5.95 Å². The normalized spacial score (nSPS) is 14.7. The molecule has 0 atom stereocenters. The van der Waals surface area contributed by atoms with Crippen molar-refractivity contribution < 1.29 is 13.9 Å². The van der Waals surface area contributed by atoms with Crippen LogP contribution in [0.2, 0.25) is 0 Å². The van der Waals surface area contributed by atoms with E-state index >= 15 is 0 Å². The average Bonchev–Trinajstić information content (AvgIpc) is 2.65. The molecule has 1 saturated heterocycles. The van der Waals surface area contributed by atoms with Crippen molar-refractivity contribution in [1.82, 2.24) is 15.3 Å². The van der Waals surface area contributed by atoms with Gasteiger partial charge in [-0.1, -0.05) is 0 Å². The largest absolute Gasteiger partial charge is 0.381 e. The van der Waals surface area contributed by atoms with E-state index < -0.39 is 0 Å². The van der Waals surface area contributed by atoms with Gasteiger partial charge in [0.15, 0.2) is 0 Å². The van der Waals surface area contributed by atoms with Crippen molar-refractivity contribution in [2.24, 2.45) is 0 Å². The van der Waals surface area contributed by atoms with Crippen LogP contribution in [0.5, 0.6) is 0 Å². The predicted molar refractivity (Wildman–Crippen MR) is 97.1 cm³/mol. The Labute approximate surface area is 151 Å². The van der Waals surface area contributed by atoms with Crippen LogP contribution in [-0.4, -0.2) is 41.8 Å². The molecule has 1 aromatic carbocycles. The molecule has 0 spiro atoms. The molecule has 0 aliphatic carbocycles. The summed E-state index contributed by atoms with van der Waals surface area (Å²) in [5, 5.41) is 6.04. The number of ether oxygens (including phenoxy) is 1. The van der Waals surface area contributed by atoms with E-state index in [9.17, 15) is 9.18 Å². The van der Waals surface area contributed by atoms with Gasteiger partial charge in [0.25, 0.3) is 0 Å². The first-order chi connectivity index (χ1) is 12.7. The first-order valence-corrected chi connectivity index (χ1v) is 8.68. The van der Waals surface area contributed by atoms with E-state index in [1.54, 1.807) is 12.3 Å². The Morgan fingerprint density at radius 2 is 2.00 bits per heavy atom. The van der Waals surface area contributed by atoms with Gasteiger partial charge in [0.1, 0.15) is 11.6 Å². The number of halogens is 1. The summed E-state index contributed by atoms with van der Waals surface area (Å²) in [6, 6.07) is 7.25. The second-order valence-corrected chi connectivity index (χ2v) is 5.92. The number of urea groups is 1. The SMILES string of the molecule is CCNC(=O)N(c1ccc(F)cc1)c1ccnc(NC2CCOCC2)n1. The van der Waals surface area contributed by atoms with Crippen molar-refractivity contribution in [3.05, 3.63) is 42.3 Å². The lowest BCUT2D eigenvalue weighted by Crippen LogP contribution is -2.37. The first kappa shape index (κ1) is 18.1. The third-order valence-electron chi connectivity index (χ3n) is 4.04. The van der Waals surface area contributed by atoms with E-state index in [2.05, 4.69) is 20.6 Å². The number of hydrogen-bond donors (Lipinski definition) is 2. The second kappa shape index (κ2) is 8.57. The van der Waals surface area contributed by atoms with Gasteiger partial charge in [-0.25, -0.2) is 19.1 Å². The number of amides is 2. The fourth-order valence-corrected chi connectivity index (χ4v) is 2.74. The molecule has 1 aromatic heterocycles. The highest BCUT2D eigenvalue weighted by atomic mass is 19.1. The number of benzene rings is 1. The third kappa shape index (κ3) is 4.45. The van der Waals surface area contributed by atoms with Crippen LogP contribution in [0.25, 0.3) is 0 Å². The minimum atomic E-state index is -0.367. The number of hydrogen-bond acceptors (Lipinski definition) is 5. The minimum Gasteiger partial charge on any atom is -0.381 e. The monoisotopic (exact) mass is 359 g/mol. The lowest BCUT2D eigenvalue weighted by atomic mass is 10.1. The van der Waals surface area contributed by atoms with Gasteiger partial charge < -0.3 is 15.4 Å². The molecule has 2 amide bonds. The van der Waals surface area contributed by atoms with Crippen molar-refractivity contribution in [3.63, 3.8) is 0 Å². The van der Waals surface area contributed by atoms with Crippen molar-refractivity contribution in [3.8, 4) is 0 Å². The number of carbonyl (C=O) groups excluding carboxylic acids is 1. The summed E-state index contributed by atoms with van der Waals surface area (Å²) in [6.07, 6.45) is 3.36. The van der Waals surface area contributed by atoms with Gasteiger partial charge >= 0.3 is 6.03 Å². The summed E-state index contributed by atoms with van der Waals surface area (Å²) in [5.74, 6) is 0.493. The summed E-state index contributed by atoms with van der Waals surface area (Å²) >= 11 is 0. The number of carbonyl (C=O) groups is 1. The van der Waals surface area contributed by atoms with Gasteiger partial charge in [-0.3, -0.25) is 0 Å². The summed E-state index contributed by atoms with van der Waals surface area (Å²) in [4.78, 5) is 22.7. The Morgan fingerprint density at radius 3 is 2.69 bits per heavy atom. The maximum absolute atomic E-state index is 13.3. The Kier molecular flexibility index (Phi) is 5.96. The van der Waals surface area contributed by atoms with Crippen molar-refractivity contribution in [2.45, 2.75) is 25.8 Å². The molecule has 8 heteroatoms. The lowest BCUT2D eigenvalue weighted by Gasteiger charge is -2.25. The fraction of sp³-hybridized carbons (Fsp3) is 0.389. The molecule has 0 unspecified atom stereocenters. The van der Waals surface area contributed by atoms with Gasteiger partial charge in [-0.2, -0.15) is 4.98 Å². The van der Waals surface area contributed by atoms with Crippen LogP contribution in [-0.2, 0) is 4.74 Å². The average molecular weight is 359 g/mol. The number of anilines is 3. The zero-order chi connectivity index (χ0) is 18.4. The minimum absolute atomic E-state index is 0.239. The van der Waals surface area contributed by atoms with E-state index in [4.69, 9.17) is 4.74 Å². The quantitative estimate of drug-likeness (QED) is 0.858. The highest BCUT2D eigenvalue weighted by Crippen LogP contribution is 2.25. The van der Waals surface area contributed by atoms with Gasteiger partial charge in [0.05, 0.1) is 5.69 Å². The van der Waals surface area contributed by atoms with Crippen LogP contribution in [0.1, 0.15) is 19.8 Å². The van der Waals surface area contributed by atoms with Crippen LogP contribution < -0.4 is 15.5 Å². The van der Waals surface area contributed by atoms with Crippen molar-refractivity contribution in [2.75, 3.05) is 30.0 Å². The molecule has 3 rings (SSSR count). The standard InChI is InChI=1S/C18H22FN5O2/c1-2-20-18(25)24(15-5-3-13(19)4-6-15)16-7-10-21-17(23-16)22-14-8-11-26-12-9-14/h3-7,10,14H,2,8-9,11-12H2,1H3,(H,20,25)(H,21,22,23). The number of nitrogens with zero attached hydrogens (tertiary/aromatic N) is 3. The van der Waals surface area contributed by atoms with Crippen LogP contribution in [0, 0.1) is 5.82 Å². The van der Waals surface area contributed by atoms with E-state index in [0.717, 1.165) is 12.8 Å². The molecule has 1 aliphatic rings. The highest BCUT2D eigenvalue weighted by molar-refractivity contribution is 5.98. The molecule has 26 heavy (non-hydrogen) atoms. The Balaban J connectivity index is 1.86. The molecule has 1 aliphatic heterocycles. The fourth-order valence-electron chi connectivity index (χ4n) is 2.74. The molecule has 7 nitrogen and oxygen atoms in total. The maximum atomic E-state index is 13.3. The molecule has 138 valence electrons. The molecular weight excluding hydrogens is 337 g/mol. The summed E-state index contributed by atoms with van der Waals surface area (Å²) in [7, 11) is 0. The number of aromatic nitrogens is 2. The molecular formula is C18H22FN5O2. The summed E-state index contributed by atoms with van der Waals surface area (Å²) in [5.41, 5.74) is 0.521. The number of rotatable bonds is 5. The van der Waals surface area contributed by atoms with E-state index in [1.807, 2.05) is 6.92 Å². The van der Waals surface area contributed by atoms with E-state index in [-0.39, 0.29) is 17.9 Å². The molecule has 0 radical (unpaired) electrons. The summed E-state index contributed by atoms with van der Waals surface area (Å²) in [6.45, 7) is 3.71. The zero-order valence-corrected chi connectivity index (χ0v) is 14.6. The molecule has 2 heterocycles. The Morgan fingerprint density at radius 1 is 1.27 bits per heavy atom. The van der Waals surface area contributed by atoms with Gasteiger partial charge in [0, 0.05) is 38.1 Å². The molecule has 1 fully saturated rings. The Bertz CT molecular complexity index is 735. The van der Waals surface area contributed by atoms with Crippen molar-refractivity contribution in [1.29, 1.82) is 0 Å². The first-order valence-electron chi connectivity index (χ1n) is 8.68. The third-order valence-corrected chi connectivity index (χ3v) is 4.04. The topological polar surface area (TPSA) is 79.4 Å². The molecule has 0 bridgehead atoms. The highest BCUT2D eigenvalue weighted by Gasteiger charge is 2.20. The molecule has 2 N–H and O–H groups in total. The van der Waals surface area contributed by atoms with Crippen LogP contribution in [0.4, 0.5) is 26.6 Å². The second-order valence-electron chi connectivity index (χ2n) is 5.92. The maximum Gasteiger partial charge on any atom is 0.327 e. The van der Waals surface area contributed by atoms with Crippen LogP contribution in [0.3, 0.4) is 0 Å². The zero-order valence-electron chi connectivity index (χ0n) is 14.6. The smallest absolute Gasteiger partial charge is 0.327 e. The molecule has 0 saturated carbocycles. The van der Waals surface area contributed by atoms with Gasteiger partial charge in [-0.05, 0) is 44.0 Å². The predicted octanol–water partition coefficient (Wildman–Crippen LogP) is 3.07. The lowest BCUT2D eigenvalue weighted by molar-refractivity contribution is 0.0903.